The molecule has 1 N–H and O–H groups in total. The van der Waals surface area contributed by atoms with Gasteiger partial charge in [-0.05, 0) is 36.2 Å². The molecule has 3 aromatic heterocycles. The molecule has 34 heavy (non-hydrogen) atoms. The number of nitrogens with zero attached hydrogens (tertiary/aromatic N) is 4. The molecule has 0 spiro atoms. The van der Waals surface area contributed by atoms with Crippen molar-refractivity contribution in [2.45, 2.75) is 30.9 Å². The highest BCUT2D eigenvalue weighted by Crippen LogP contribution is 2.34. The van der Waals surface area contributed by atoms with E-state index in [0.29, 0.717) is 17.5 Å². The van der Waals surface area contributed by atoms with Crippen LogP contribution in [0.2, 0.25) is 0 Å². The van der Waals surface area contributed by atoms with E-state index in [1.54, 1.807) is 12.1 Å². The number of nitrogens with one attached hydrogen (secondary N) is 1. The van der Waals surface area contributed by atoms with Gasteiger partial charge in [0.05, 0.1) is 23.3 Å². The van der Waals surface area contributed by atoms with Gasteiger partial charge >= 0.3 is 6.18 Å². The molecule has 0 aliphatic carbocycles. The van der Waals surface area contributed by atoms with Crippen molar-refractivity contribution in [2.24, 2.45) is 5.92 Å². The summed E-state index contributed by atoms with van der Waals surface area (Å²) in [5, 5.41) is 11.3. The predicted molar refractivity (Wildman–Crippen MR) is 117 cm³/mol. The SMILES string of the molecule is CC(C)CNC(=O)c1coc(CSc2nnc(-c3ccco3)n2-c2cccc(C(F)(F)F)c2)n1. The van der Waals surface area contributed by atoms with Crippen LogP contribution in [0, 0.1) is 5.92 Å². The third kappa shape index (κ3) is 5.33. The van der Waals surface area contributed by atoms with Crippen LogP contribution in [0.15, 0.2) is 62.9 Å². The lowest BCUT2D eigenvalue weighted by molar-refractivity contribution is -0.137. The number of alkyl halides is 3. The lowest BCUT2D eigenvalue weighted by Crippen LogP contribution is -2.27. The molecule has 3 heterocycles. The first-order chi connectivity index (χ1) is 16.2. The van der Waals surface area contributed by atoms with Crippen LogP contribution in [0.25, 0.3) is 17.3 Å². The fourth-order valence-corrected chi connectivity index (χ4v) is 3.78. The van der Waals surface area contributed by atoms with Gasteiger partial charge in [0.2, 0.25) is 11.7 Å². The topological polar surface area (TPSA) is 99.0 Å². The van der Waals surface area contributed by atoms with E-state index in [-0.39, 0.29) is 40.7 Å². The van der Waals surface area contributed by atoms with Crippen molar-refractivity contribution >= 4 is 17.7 Å². The van der Waals surface area contributed by atoms with Crippen molar-refractivity contribution in [3.8, 4) is 17.3 Å². The van der Waals surface area contributed by atoms with Crippen molar-refractivity contribution in [3.63, 3.8) is 0 Å². The highest BCUT2D eigenvalue weighted by molar-refractivity contribution is 7.98. The van der Waals surface area contributed by atoms with Gasteiger partial charge in [0.15, 0.2) is 16.6 Å². The Balaban J connectivity index is 1.60. The zero-order chi connectivity index (χ0) is 24.3. The van der Waals surface area contributed by atoms with Crippen LogP contribution in [-0.2, 0) is 11.9 Å². The van der Waals surface area contributed by atoms with Crippen LogP contribution in [0.1, 0.15) is 35.8 Å². The fourth-order valence-electron chi connectivity index (χ4n) is 2.98. The Morgan fingerprint density at radius 1 is 1.18 bits per heavy atom. The Morgan fingerprint density at radius 3 is 2.71 bits per heavy atom. The maximum absolute atomic E-state index is 13.3. The molecular formula is C22H20F3N5O3S. The Hall–Kier alpha value is -3.54. The molecule has 0 saturated carbocycles. The second-order valence-electron chi connectivity index (χ2n) is 7.69. The lowest BCUT2D eigenvalue weighted by atomic mass is 10.2. The van der Waals surface area contributed by atoms with Crippen molar-refractivity contribution in [2.75, 3.05) is 6.54 Å². The molecule has 0 atom stereocenters. The minimum atomic E-state index is -4.51. The Labute approximate surface area is 196 Å². The average Bonchev–Trinajstić information content (AvgIpc) is 3.56. The highest BCUT2D eigenvalue weighted by atomic mass is 32.2. The highest BCUT2D eigenvalue weighted by Gasteiger charge is 2.31. The van der Waals surface area contributed by atoms with E-state index in [1.165, 1.54) is 29.2 Å². The predicted octanol–water partition coefficient (Wildman–Crippen LogP) is 5.21. The van der Waals surface area contributed by atoms with Crippen molar-refractivity contribution in [3.05, 3.63) is 66.1 Å². The molecule has 0 bridgehead atoms. The van der Waals surface area contributed by atoms with Gasteiger partial charge in [-0.15, -0.1) is 10.2 Å². The van der Waals surface area contributed by atoms with Crippen LogP contribution in [0.5, 0.6) is 0 Å². The number of carbonyl (C=O) groups excluding carboxylic acids is 1. The maximum atomic E-state index is 13.3. The van der Waals surface area contributed by atoms with Crippen LogP contribution in [-0.4, -0.2) is 32.2 Å². The number of hydrogen-bond acceptors (Lipinski definition) is 7. The van der Waals surface area contributed by atoms with Crippen molar-refractivity contribution < 1.29 is 26.8 Å². The van der Waals surface area contributed by atoms with Gasteiger partial charge in [0, 0.05) is 6.54 Å². The Morgan fingerprint density at radius 2 is 2.00 bits per heavy atom. The van der Waals surface area contributed by atoms with Crippen LogP contribution >= 0.6 is 11.8 Å². The second kappa shape index (κ2) is 9.75. The number of hydrogen-bond donors (Lipinski definition) is 1. The number of thioether (sulfide) groups is 1. The maximum Gasteiger partial charge on any atom is 0.416 e. The summed E-state index contributed by atoms with van der Waals surface area (Å²) in [6, 6.07) is 8.13. The number of carbonyl (C=O) groups is 1. The van der Waals surface area contributed by atoms with E-state index < -0.39 is 11.7 Å². The third-order valence-electron chi connectivity index (χ3n) is 4.59. The van der Waals surface area contributed by atoms with E-state index in [4.69, 9.17) is 8.83 Å². The summed E-state index contributed by atoms with van der Waals surface area (Å²) in [5.74, 6) is 0.965. The van der Waals surface area contributed by atoms with Crippen molar-refractivity contribution in [1.29, 1.82) is 0 Å². The zero-order valence-electron chi connectivity index (χ0n) is 18.2. The molecule has 12 heteroatoms. The summed E-state index contributed by atoms with van der Waals surface area (Å²) < 4.78 is 52.2. The molecule has 0 aliphatic rings. The van der Waals surface area contributed by atoms with Gasteiger partial charge < -0.3 is 14.2 Å². The quantitative estimate of drug-likeness (QED) is 0.338. The van der Waals surface area contributed by atoms with E-state index in [9.17, 15) is 18.0 Å². The molecular weight excluding hydrogens is 471 g/mol. The number of aromatic nitrogens is 4. The molecule has 1 aromatic carbocycles. The van der Waals surface area contributed by atoms with Crippen LogP contribution < -0.4 is 5.32 Å². The molecule has 0 radical (unpaired) electrons. The minimum absolute atomic E-state index is 0.145. The molecule has 178 valence electrons. The van der Waals surface area contributed by atoms with E-state index >= 15 is 0 Å². The largest absolute Gasteiger partial charge is 0.461 e. The monoisotopic (exact) mass is 491 g/mol. The standard InChI is InChI=1S/C22H20F3N5O3S/c1-13(2)10-26-20(31)16-11-33-18(27-16)12-34-21-29-28-19(17-7-4-8-32-17)30(21)15-6-3-5-14(9-15)22(23,24)25/h3-9,11,13H,10,12H2,1-2H3,(H,26,31). The lowest BCUT2D eigenvalue weighted by Gasteiger charge is -2.12. The molecule has 0 aliphatic heterocycles. The fraction of sp³-hybridized carbons (Fsp3) is 0.273. The number of oxazole rings is 1. The van der Waals surface area contributed by atoms with Gasteiger partial charge in [-0.3, -0.25) is 9.36 Å². The van der Waals surface area contributed by atoms with Crippen LogP contribution in [0.4, 0.5) is 13.2 Å². The van der Waals surface area contributed by atoms with Gasteiger partial charge in [-0.25, -0.2) is 4.98 Å². The number of halogens is 3. The van der Waals surface area contributed by atoms with Crippen LogP contribution in [0.3, 0.4) is 0 Å². The summed E-state index contributed by atoms with van der Waals surface area (Å²) in [5.41, 5.74) is -0.438. The minimum Gasteiger partial charge on any atom is -0.461 e. The van der Waals surface area contributed by atoms with Crippen molar-refractivity contribution in [1.82, 2.24) is 25.1 Å². The van der Waals surface area contributed by atoms with Gasteiger partial charge in [-0.1, -0.05) is 31.7 Å². The van der Waals surface area contributed by atoms with Gasteiger partial charge in [0.1, 0.15) is 6.26 Å². The van der Waals surface area contributed by atoms with E-state index in [1.807, 2.05) is 13.8 Å². The Kier molecular flexibility index (Phi) is 6.77. The number of furan rings is 1. The number of rotatable bonds is 8. The molecule has 0 unspecified atom stereocenters. The molecule has 4 rings (SSSR count). The summed E-state index contributed by atoms with van der Waals surface area (Å²) in [4.78, 5) is 16.3. The normalized spacial score (nSPS) is 11.8. The third-order valence-corrected chi connectivity index (χ3v) is 5.50. The smallest absolute Gasteiger partial charge is 0.416 e. The number of amides is 1. The Bertz CT molecular complexity index is 1270. The van der Waals surface area contributed by atoms with Gasteiger partial charge in [-0.2, -0.15) is 13.2 Å². The first-order valence-corrected chi connectivity index (χ1v) is 11.2. The molecule has 0 saturated heterocycles. The summed E-state index contributed by atoms with van der Waals surface area (Å²) in [6.07, 6.45) is -1.81. The molecule has 1 amide bonds. The summed E-state index contributed by atoms with van der Waals surface area (Å²) in [6.45, 7) is 4.46. The summed E-state index contributed by atoms with van der Waals surface area (Å²) >= 11 is 1.15. The van der Waals surface area contributed by atoms with E-state index in [0.717, 1.165) is 23.9 Å². The van der Waals surface area contributed by atoms with E-state index in [2.05, 4.69) is 20.5 Å². The van der Waals surface area contributed by atoms with Gasteiger partial charge in [0.25, 0.3) is 5.91 Å². The first kappa shape index (κ1) is 23.6. The number of benzene rings is 1. The summed E-state index contributed by atoms with van der Waals surface area (Å²) in [7, 11) is 0. The molecule has 8 nitrogen and oxygen atoms in total. The average molecular weight is 491 g/mol. The molecule has 0 fully saturated rings. The molecule has 4 aromatic rings. The first-order valence-electron chi connectivity index (χ1n) is 10.2. The zero-order valence-corrected chi connectivity index (χ0v) is 19.0. The second-order valence-corrected chi connectivity index (χ2v) is 8.63.